The molecule has 0 saturated carbocycles. The number of carbonyl (C=O) groups is 2. The van der Waals surface area contributed by atoms with Crippen LogP contribution in [0.5, 0.6) is 5.75 Å². The van der Waals surface area contributed by atoms with E-state index in [2.05, 4.69) is 40.9 Å². The molecule has 0 atom stereocenters. The third kappa shape index (κ3) is 7.95. The molecule has 0 bridgehead atoms. The van der Waals surface area contributed by atoms with Crippen molar-refractivity contribution in [1.29, 1.82) is 0 Å². The predicted octanol–water partition coefficient (Wildman–Crippen LogP) is 6.31. The number of halogens is 9. The van der Waals surface area contributed by atoms with Crippen LogP contribution in [0.4, 0.5) is 36.4 Å². The smallest absolute Gasteiger partial charge is 0.434 e. The SMILES string of the molecule is Cc1cc(I)cc(C(=O)NCc2ccccc2OC(F)F)c1NC(=O)c1cc(Cn2nnc(C(F)(F)C(F)(F)F)n2)nn1-c1ncccc1Cl. The molecule has 0 fully saturated rings. The van der Waals surface area contributed by atoms with Gasteiger partial charge in [0.2, 0.25) is 0 Å². The van der Waals surface area contributed by atoms with Gasteiger partial charge in [0.15, 0.2) is 5.82 Å². The van der Waals surface area contributed by atoms with Gasteiger partial charge in [0.25, 0.3) is 17.6 Å². The minimum atomic E-state index is -5.97. The molecule has 0 radical (unpaired) electrons. The zero-order valence-corrected chi connectivity index (χ0v) is 27.9. The number of tetrazole rings is 1. The Kier molecular flexibility index (Phi) is 10.6. The van der Waals surface area contributed by atoms with Gasteiger partial charge in [-0.05, 0) is 76.7 Å². The maximum Gasteiger partial charge on any atom is 0.461 e. The van der Waals surface area contributed by atoms with E-state index in [1.807, 2.05) is 22.6 Å². The highest BCUT2D eigenvalue weighted by Crippen LogP contribution is 2.42. The van der Waals surface area contributed by atoms with Gasteiger partial charge in [-0.1, -0.05) is 29.8 Å². The van der Waals surface area contributed by atoms with Crippen LogP contribution in [0, 0.1) is 10.5 Å². The molecule has 0 unspecified atom stereocenters. The summed E-state index contributed by atoms with van der Waals surface area (Å²) >= 11 is 8.27. The number of amides is 2. The summed E-state index contributed by atoms with van der Waals surface area (Å²) in [7, 11) is 0. The van der Waals surface area contributed by atoms with Crippen molar-refractivity contribution < 1.29 is 45.1 Å². The first-order valence-corrected chi connectivity index (χ1v) is 15.4. The van der Waals surface area contributed by atoms with E-state index in [9.17, 15) is 40.3 Å². The molecule has 0 spiro atoms. The second-order valence-corrected chi connectivity index (χ2v) is 11.9. The number of nitrogens with zero attached hydrogens (tertiary/aromatic N) is 7. The molecule has 50 heavy (non-hydrogen) atoms. The lowest BCUT2D eigenvalue weighted by Crippen LogP contribution is -2.35. The quantitative estimate of drug-likeness (QED) is 0.117. The number of pyridine rings is 1. The van der Waals surface area contributed by atoms with Crippen LogP contribution in [-0.2, 0) is 19.0 Å². The number of hydrogen-bond donors (Lipinski definition) is 2. The zero-order valence-electron chi connectivity index (χ0n) is 25.0. The highest BCUT2D eigenvalue weighted by atomic mass is 127. The van der Waals surface area contributed by atoms with Crippen LogP contribution in [0.2, 0.25) is 5.02 Å². The van der Waals surface area contributed by atoms with Crippen molar-refractivity contribution in [2.75, 3.05) is 5.32 Å². The van der Waals surface area contributed by atoms with Crippen LogP contribution < -0.4 is 15.4 Å². The lowest BCUT2D eigenvalue weighted by molar-refractivity contribution is -0.292. The van der Waals surface area contributed by atoms with Crippen LogP contribution in [0.15, 0.2) is 60.8 Å². The van der Waals surface area contributed by atoms with Crippen molar-refractivity contribution >= 4 is 51.7 Å². The number of alkyl halides is 7. The summed E-state index contributed by atoms with van der Waals surface area (Å²) in [5.74, 6) is -9.01. The van der Waals surface area contributed by atoms with Crippen molar-refractivity contribution in [1.82, 2.24) is 40.3 Å². The maximum absolute atomic E-state index is 13.8. The fraction of sp³-hybridized carbons (Fsp3) is 0.207. The van der Waals surface area contributed by atoms with E-state index in [-0.39, 0.29) is 51.3 Å². The molecule has 21 heteroatoms. The predicted molar refractivity (Wildman–Crippen MR) is 169 cm³/mol. The minimum Gasteiger partial charge on any atom is -0.434 e. The van der Waals surface area contributed by atoms with Gasteiger partial charge in [-0.2, -0.15) is 40.6 Å². The molecule has 262 valence electrons. The third-order valence-corrected chi connectivity index (χ3v) is 7.65. The number of benzene rings is 2. The Morgan fingerprint density at radius 2 is 1.76 bits per heavy atom. The molecule has 5 rings (SSSR count). The van der Waals surface area contributed by atoms with E-state index in [4.69, 9.17) is 11.6 Å². The number of rotatable bonds is 11. The maximum atomic E-state index is 13.8. The van der Waals surface area contributed by atoms with Crippen molar-refractivity contribution in [3.63, 3.8) is 0 Å². The van der Waals surface area contributed by atoms with Gasteiger partial charge >= 0.3 is 18.7 Å². The Hall–Kier alpha value is -4.86. The molecule has 3 aromatic heterocycles. The lowest BCUT2D eigenvalue weighted by atomic mass is 10.1. The monoisotopic (exact) mass is 837 g/mol. The van der Waals surface area contributed by atoms with Gasteiger partial charge in [0.05, 0.1) is 22.0 Å². The number of anilines is 1. The molecule has 2 N–H and O–H groups in total. The van der Waals surface area contributed by atoms with Crippen LogP contribution >= 0.6 is 34.2 Å². The highest BCUT2D eigenvalue weighted by Gasteiger charge is 2.62. The average Bonchev–Trinajstić information content (AvgIpc) is 3.69. The van der Waals surface area contributed by atoms with Gasteiger partial charge in [0, 0.05) is 21.9 Å². The molecule has 0 aliphatic carbocycles. The Labute approximate surface area is 295 Å². The third-order valence-electron chi connectivity index (χ3n) is 6.74. The fourth-order valence-electron chi connectivity index (χ4n) is 4.47. The average molecular weight is 838 g/mol. The molecule has 0 aliphatic heterocycles. The van der Waals surface area contributed by atoms with E-state index in [0.29, 0.717) is 13.9 Å². The summed E-state index contributed by atoms with van der Waals surface area (Å²) in [6, 6.07) is 13.1. The molecular weight excluding hydrogens is 818 g/mol. The number of para-hydroxylation sites is 1. The Morgan fingerprint density at radius 1 is 1.02 bits per heavy atom. The number of carbonyl (C=O) groups excluding carboxylic acids is 2. The van der Waals surface area contributed by atoms with Crippen LogP contribution in [0.3, 0.4) is 0 Å². The fourth-order valence-corrected chi connectivity index (χ4v) is 5.45. The van der Waals surface area contributed by atoms with Gasteiger partial charge in [-0.15, -0.1) is 10.2 Å². The number of aromatic nitrogens is 7. The van der Waals surface area contributed by atoms with E-state index >= 15 is 0 Å². The van der Waals surface area contributed by atoms with Gasteiger partial charge in [-0.25, -0.2) is 9.67 Å². The summed E-state index contributed by atoms with van der Waals surface area (Å²) in [5, 5.41) is 18.8. The van der Waals surface area contributed by atoms with E-state index < -0.39 is 42.9 Å². The molecular formula is C29H20ClF7IN9O3. The summed E-state index contributed by atoms with van der Waals surface area (Å²) in [6.45, 7) is -2.29. The van der Waals surface area contributed by atoms with Crippen molar-refractivity contribution in [2.45, 2.75) is 38.7 Å². The second-order valence-electron chi connectivity index (χ2n) is 10.2. The molecule has 5 aromatic rings. The first-order chi connectivity index (χ1) is 23.5. The highest BCUT2D eigenvalue weighted by molar-refractivity contribution is 14.1. The Bertz CT molecular complexity index is 2060. The molecule has 2 amide bonds. The van der Waals surface area contributed by atoms with Gasteiger partial charge in [0.1, 0.15) is 18.0 Å². The van der Waals surface area contributed by atoms with Crippen LogP contribution in [-0.4, -0.2) is 59.6 Å². The van der Waals surface area contributed by atoms with E-state index in [0.717, 1.165) is 10.7 Å². The summed E-state index contributed by atoms with van der Waals surface area (Å²) in [5.41, 5.74) is 0.422. The standard InChI is InChI=1S/C29H20ClF7IN9O3/c1-14-9-16(38)10-18(24(48)40-12-15-5-2-3-7-21(15)50-27(31)32)22(14)41-25(49)20-11-17(43-47(20)23-19(30)6-4-8-39-23)13-46-44-26(42-45-46)28(33,34)29(35,36)37/h2-11,27H,12-13H2,1H3,(H,40,48)(H,41,49). The van der Waals surface area contributed by atoms with Crippen molar-refractivity contribution in [3.05, 3.63) is 103 Å². The van der Waals surface area contributed by atoms with Crippen molar-refractivity contribution in [3.8, 4) is 11.6 Å². The van der Waals surface area contributed by atoms with Gasteiger partial charge < -0.3 is 15.4 Å². The number of hydrogen-bond acceptors (Lipinski definition) is 8. The minimum absolute atomic E-state index is 0.00195. The topological polar surface area (TPSA) is 142 Å². The largest absolute Gasteiger partial charge is 0.461 e. The first-order valence-electron chi connectivity index (χ1n) is 13.9. The number of aryl methyl sites for hydroxylation is 1. The molecule has 0 saturated heterocycles. The van der Waals surface area contributed by atoms with Gasteiger partial charge in [-0.3, -0.25) is 9.59 Å². The first kappa shape index (κ1) is 36.4. The second kappa shape index (κ2) is 14.5. The zero-order chi connectivity index (χ0) is 36.4. The summed E-state index contributed by atoms with van der Waals surface area (Å²) < 4.78 is 97.8. The number of ether oxygens (including phenoxy) is 1. The van der Waals surface area contributed by atoms with E-state index in [1.54, 1.807) is 19.1 Å². The lowest BCUT2D eigenvalue weighted by Gasteiger charge is -2.16. The number of nitrogens with one attached hydrogen (secondary N) is 2. The molecule has 2 aromatic carbocycles. The van der Waals surface area contributed by atoms with Crippen LogP contribution in [0.25, 0.3) is 5.82 Å². The summed E-state index contributed by atoms with van der Waals surface area (Å²) in [6.07, 6.45) is -4.63. The molecule has 0 aliphatic rings. The normalized spacial score (nSPS) is 11.9. The van der Waals surface area contributed by atoms with E-state index in [1.165, 1.54) is 42.6 Å². The molecule has 3 heterocycles. The summed E-state index contributed by atoms with van der Waals surface area (Å²) in [4.78, 5) is 31.8. The van der Waals surface area contributed by atoms with Crippen molar-refractivity contribution in [2.24, 2.45) is 0 Å². The molecule has 12 nitrogen and oxygen atoms in total. The Morgan fingerprint density at radius 3 is 2.46 bits per heavy atom. The Balaban J connectivity index is 1.45. The van der Waals surface area contributed by atoms with Crippen LogP contribution in [0.1, 0.15) is 43.5 Å².